The Labute approximate surface area is 238 Å². The van der Waals surface area contributed by atoms with Gasteiger partial charge in [-0.2, -0.15) is 26.3 Å². The van der Waals surface area contributed by atoms with Crippen molar-refractivity contribution >= 4 is 28.7 Å². The number of aryl methyl sites for hydroxylation is 1. The molecule has 1 saturated carbocycles. The summed E-state index contributed by atoms with van der Waals surface area (Å²) < 4.78 is 96.2. The van der Waals surface area contributed by atoms with Crippen LogP contribution in [0, 0.1) is 11.7 Å². The summed E-state index contributed by atoms with van der Waals surface area (Å²) in [5.74, 6) is -3.38. The van der Waals surface area contributed by atoms with Crippen molar-refractivity contribution in [3.05, 3.63) is 63.6 Å². The minimum Gasteiger partial charge on any atom is -0.383 e. The highest BCUT2D eigenvalue weighted by molar-refractivity contribution is 6.01. The number of benzene rings is 1. The van der Waals surface area contributed by atoms with Gasteiger partial charge < -0.3 is 20.9 Å². The van der Waals surface area contributed by atoms with Crippen LogP contribution >= 0.6 is 0 Å². The number of fused-ring (bicyclic) bond motifs is 1. The van der Waals surface area contributed by atoms with Crippen LogP contribution in [0.5, 0.6) is 0 Å². The standard InChI is InChI=1S/C27H24F7N7O2/c28-18-9-15-14(8-16(18)23-37-10-17(22(35)40-23)26(29,30)31)5-7-41(25(15)43)6-1-2-19(13-3-4-13)39-20-11-36-12-38-24(42)21(20)27(32,33)34/h5,7-11,13,19,39H,1-4,6,12H2,(H,38,42)(H2,35,37,40)/t19-/m1/s1. The quantitative estimate of drug-likeness (QED) is 0.326. The molecule has 0 bridgehead atoms. The average Bonchev–Trinajstić information content (AvgIpc) is 3.76. The molecule has 2 aliphatic rings. The highest BCUT2D eigenvalue weighted by Gasteiger charge is 2.43. The molecule has 1 atom stereocenters. The normalized spacial score (nSPS) is 16.8. The van der Waals surface area contributed by atoms with Crippen molar-refractivity contribution in [3.63, 3.8) is 0 Å². The third kappa shape index (κ3) is 6.46. The van der Waals surface area contributed by atoms with E-state index in [1.54, 1.807) is 0 Å². The third-order valence-corrected chi connectivity index (χ3v) is 7.21. The summed E-state index contributed by atoms with van der Waals surface area (Å²) in [6.45, 7) is -0.114. The number of alkyl halides is 6. The number of hydrogen-bond donors (Lipinski definition) is 3. The number of hydrogen-bond acceptors (Lipinski definition) is 7. The molecule has 1 aromatic carbocycles. The van der Waals surface area contributed by atoms with E-state index in [9.17, 15) is 35.9 Å². The lowest BCUT2D eigenvalue weighted by Crippen LogP contribution is -2.38. The second-order valence-corrected chi connectivity index (χ2v) is 10.2. The molecule has 0 saturated heterocycles. The summed E-state index contributed by atoms with van der Waals surface area (Å²) in [5, 5.41) is 5.23. The van der Waals surface area contributed by atoms with Crippen LogP contribution in [0.25, 0.3) is 22.2 Å². The van der Waals surface area contributed by atoms with Crippen LogP contribution in [0.1, 0.15) is 31.2 Å². The van der Waals surface area contributed by atoms with E-state index in [0.717, 1.165) is 25.1 Å². The van der Waals surface area contributed by atoms with Gasteiger partial charge in [0.25, 0.3) is 11.5 Å². The Kier molecular flexibility index (Phi) is 7.88. The van der Waals surface area contributed by atoms with Crippen LogP contribution in [-0.2, 0) is 17.5 Å². The molecule has 16 heteroatoms. The molecule has 3 aromatic rings. The van der Waals surface area contributed by atoms with Crippen LogP contribution in [0.2, 0.25) is 0 Å². The highest BCUT2D eigenvalue weighted by atomic mass is 19.4. The zero-order valence-corrected chi connectivity index (χ0v) is 22.2. The molecule has 1 fully saturated rings. The van der Waals surface area contributed by atoms with Crippen LogP contribution in [0.4, 0.5) is 36.6 Å². The largest absolute Gasteiger partial charge is 0.423 e. The number of rotatable bonds is 8. The summed E-state index contributed by atoms with van der Waals surface area (Å²) in [5.41, 5.74) is 1.60. The number of aliphatic imine (C=N–C) groups is 1. The lowest BCUT2D eigenvalue weighted by atomic mass is 10.0. The van der Waals surface area contributed by atoms with E-state index in [0.29, 0.717) is 19.0 Å². The molecule has 0 spiro atoms. The highest BCUT2D eigenvalue weighted by Crippen LogP contribution is 2.37. The number of nitrogens with zero attached hydrogens (tertiary/aromatic N) is 4. The van der Waals surface area contributed by atoms with E-state index in [4.69, 9.17) is 5.73 Å². The maximum atomic E-state index is 15.0. The molecule has 1 aliphatic heterocycles. The molecule has 2 aromatic heterocycles. The summed E-state index contributed by atoms with van der Waals surface area (Å²) in [6.07, 6.45) is -4.43. The zero-order valence-electron chi connectivity index (χ0n) is 22.2. The van der Waals surface area contributed by atoms with Crippen LogP contribution in [0.15, 0.2) is 51.6 Å². The summed E-state index contributed by atoms with van der Waals surface area (Å²) in [4.78, 5) is 36.1. The number of carbonyl (C=O) groups is 1. The van der Waals surface area contributed by atoms with Gasteiger partial charge in [-0.05, 0) is 55.2 Å². The SMILES string of the molecule is Nc1nc(-c2cc3ccn(CCC[C@@H](NC4=C(C(F)(F)F)C(=O)NCN=C4)C4CC4)c(=O)c3cc2F)ncc1C(F)(F)F. The van der Waals surface area contributed by atoms with Gasteiger partial charge in [-0.3, -0.25) is 14.6 Å². The van der Waals surface area contributed by atoms with Crippen LogP contribution in [0.3, 0.4) is 0 Å². The number of nitrogens with two attached hydrogens (primary N) is 1. The molecular formula is C27H24F7N7O2. The molecule has 0 radical (unpaired) electrons. The first-order valence-corrected chi connectivity index (χ1v) is 13.1. The van der Waals surface area contributed by atoms with Crippen molar-refractivity contribution in [1.82, 2.24) is 25.2 Å². The molecule has 5 rings (SSSR count). The minimum atomic E-state index is -4.89. The second kappa shape index (κ2) is 11.3. The van der Waals surface area contributed by atoms with Gasteiger partial charge in [-0.25, -0.2) is 14.4 Å². The van der Waals surface area contributed by atoms with Gasteiger partial charge in [0.2, 0.25) is 0 Å². The Morgan fingerprint density at radius 1 is 1.12 bits per heavy atom. The van der Waals surface area contributed by atoms with E-state index in [2.05, 4.69) is 25.6 Å². The first-order chi connectivity index (χ1) is 20.2. The first-order valence-electron chi connectivity index (χ1n) is 13.1. The van der Waals surface area contributed by atoms with E-state index >= 15 is 4.39 Å². The minimum absolute atomic E-state index is 0.00107. The Balaban J connectivity index is 1.33. The van der Waals surface area contributed by atoms with E-state index in [-0.39, 0.29) is 41.3 Å². The van der Waals surface area contributed by atoms with Crippen LogP contribution in [-0.4, -0.2) is 45.5 Å². The molecule has 3 heterocycles. The maximum Gasteiger partial charge on any atom is 0.423 e. The fourth-order valence-electron chi connectivity index (χ4n) is 4.92. The predicted octanol–water partition coefficient (Wildman–Crippen LogP) is 4.32. The van der Waals surface area contributed by atoms with Gasteiger partial charge in [-0.1, -0.05) is 0 Å². The number of pyridine rings is 1. The van der Waals surface area contributed by atoms with Crippen LogP contribution < -0.4 is 21.9 Å². The molecule has 0 unspecified atom stereocenters. The average molecular weight is 612 g/mol. The van der Waals surface area contributed by atoms with E-state index < -0.39 is 58.3 Å². The number of aromatic nitrogens is 3. The summed E-state index contributed by atoms with van der Waals surface area (Å²) in [6, 6.07) is 3.29. The smallest absolute Gasteiger partial charge is 0.383 e. The molecule has 4 N–H and O–H groups in total. The number of carbonyl (C=O) groups excluding carboxylic acids is 1. The van der Waals surface area contributed by atoms with Crippen molar-refractivity contribution in [2.45, 2.75) is 50.6 Å². The molecule has 228 valence electrons. The second-order valence-electron chi connectivity index (χ2n) is 10.2. The Morgan fingerprint density at radius 2 is 1.86 bits per heavy atom. The van der Waals surface area contributed by atoms with Crippen molar-refractivity contribution in [2.75, 3.05) is 12.4 Å². The van der Waals surface area contributed by atoms with Gasteiger partial charge in [0.05, 0.1) is 16.6 Å². The van der Waals surface area contributed by atoms with E-state index in [1.807, 2.05) is 0 Å². The Morgan fingerprint density at radius 3 is 2.51 bits per heavy atom. The molecule has 1 aliphatic carbocycles. The number of anilines is 1. The molecule has 43 heavy (non-hydrogen) atoms. The molecule has 9 nitrogen and oxygen atoms in total. The van der Waals surface area contributed by atoms with Crippen molar-refractivity contribution in [2.24, 2.45) is 10.9 Å². The summed E-state index contributed by atoms with van der Waals surface area (Å²) >= 11 is 0. The number of amides is 1. The number of halogens is 7. The van der Waals surface area contributed by atoms with Crippen molar-refractivity contribution in [3.8, 4) is 11.4 Å². The van der Waals surface area contributed by atoms with Crippen molar-refractivity contribution < 1.29 is 35.5 Å². The number of nitrogen functional groups attached to an aromatic ring is 1. The number of nitrogens with one attached hydrogen (secondary N) is 2. The molecule has 1 amide bonds. The van der Waals surface area contributed by atoms with Gasteiger partial charge in [0.15, 0.2) is 5.82 Å². The topological polar surface area (TPSA) is 127 Å². The monoisotopic (exact) mass is 611 g/mol. The van der Waals surface area contributed by atoms with Gasteiger partial charge in [0, 0.05) is 31.2 Å². The third-order valence-electron chi connectivity index (χ3n) is 7.21. The fourth-order valence-corrected chi connectivity index (χ4v) is 4.92. The van der Waals surface area contributed by atoms with E-state index in [1.165, 1.54) is 22.9 Å². The van der Waals surface area contributed by atoms with Crippen molar-refractivity contribution in [1.29, 1.82) is 0 Å². The maximum absolute atomic E-state index is 15.0. The lowest BCUT2D eigenvalue weighted by molar-refractivity contribution is -0.137. The summed E-state index contributed by atoms with van der Waals surface area (Å²) in [7, 11) is 0. The first kappa shape index (κ1) is 30.0. The van der Waals surface area contributed by atoms with Gasteiger partial charge in [0.1, 0.15) is 29.4 Å². The Hall–Kier alpha value is -4.50. The fraction of sp³-hybridized carbons (Fsp3) is 0.370. The van der Waals surface area contributed by atoms with Gasteiger partial charge >= 0.3 is 12.4 Å². The van der Waals surface area contributed by atoms with Gasteiger partial charge in [-0.15, -0.1) is 0 Å². The Bertz CT molecular complexity index is 1690. The zero-order chi connectivity index (χ0) is 31.1. The predicted molar refractivity (Wildman–Crippen MR) is 142 cm³/mol. The molecular weight excluding hydrogens is 587 g/mol. The lowest BCUT2D eigenvalue weighted by Gasteiger charge is -2.22. The number of allylic oxidation sites excluding steroid dienone is 1.